The van der Waals surface area contributed by atoms with Crippen LogP contribution in [-0.4, -0.2) is 48.0 Å². The average Bonchev–Trinajstić information content (AvgIpc) is 2.19. The lowest BCUT2D eigenvalue weighted by molar-refractivity contribution is 0.0905. The number of aliphatic hydroxyl groups excluding tert-OH is 1. The van der Waals surface area contributed by atoms with Crippen LogP contribution in [0.4, 0.5) is 0 Å². The summed E-state index contributed by atoms with van der Waals surface area (Å²) < 4.78 is 5.53. The molecule has 4 heteroatoms. The summed E-state index contributed by atoms with van der Waals surface area (Å²) in [5, 5.41) is 12.0. The van der Waals surface area contributed by atoms with Crippen molar-refractivity contribution in [1.82, 2.24) is 5.32 Å². The Morgan fingerprint density at radius 2 is 2.00 bits per heavy atom. The molecule has 0 saturated heterocycles. The van der Waals surface area contributed by atoms with Gasteiger partial charge in [-0.3, -0.25) is 0 Å². The molecule has 16 heavy (non-hydrogen) atoms. The summed E-state index contributed by atoms with van der Waals surface area (Å²) in [6.45, 7) is 11.2. The summed E-state index contributed by atoms with van der Waals surface area (Å²) in [6.07, 6.45) is 1.00. The summed E-state index contributed by atoms with van der Waals surface area (Å²) in [7, 11) is 0. The third-order valence-electron chi connectivity index (χ3n) is 1.96. The van der Waals surface area contributed by atoms with E-state index in [0.717, 1.165) is 25.3 Å². The molecule has 0 bridgehead atoms. The Balaban J connectivity index is 3.27. The molecule has 0 aliphatic carbocycles. The first kappa shape index (κ1) is 16.2. The van der Waals surface area contributed by atoms with Crippen LogP contribution in [0.15, 0.2) is 0 Å². The van der Waals surface area contributed by atoms with Gasteiger partial charge in [-0.25, -0.2) is 0 Å². The van der Waals surface area contributed by atoms with E-state index in [1.54, 1.807) is 0 Å². The van der Waals surface area contributed by atoms with Crippen LogP contribution in [0.2, 0.25) is 0 Å². The van der Waals surface area contributed by atoms with E-state index >= 15 is 0 Å². The zero-order valence-electron chi connectivity index (χ0n) is 11.1. The second-order valence-corrected chi connectivity index (χ2v) is 6.81. The number of ether oxygens (including phenoxy) is 1. The zero-order valence-corrected chi connectivity index (χ0v) is 11.9. The second-order valence-electron chi connectivity index (χ2n) is 4.97. The maximum absolute atomic E-state index is 8.51. The molecule has 0 aromatic carbocycles. The fourth-order valence-corrected chi connectivity index (χ4v) is 1.99. The maximum atomic E-state index is 8.51. The Bertz CT molecular complexity index is 160. The maximum Gasteiger partial charge on any atom is 0.0697 e. The van der Waals surface area contributed by atoms with Crippen LogP contribution in [0.3, 0.4) is 0 Å². The molecule has 0 aliphatic heterocycles. The second kappa shape index (κ2) is 9.28. The molecule has 0 amide bonds. The Kier molecular flexibility index (Phi) is 9.41. The molecular formula is C12H27NO2S. The minimum Gasteiger partial charge on any atom is -0.394 e. The topological polar surface area (TPSA) is 41.5 Å². The van der Waals surface area contributed by atoms with Crippen LogP contribution in [-0.2, 0) is 4.74 Å². The van der Waals surface area contributed by atoms with Gasteiger partial charge in [-0.1, -0.05) is 20.8 Å². The fraction of sp³-hybridized carbons (Fsp3) is 1.00. The highest BCUT2D eigenvalue weighted by Gasteiger charge is 2.12. The van der Waals surface area contributed by atoms with Crippen molar-refractivity contribution in [2.24, 2.45) is 0 Å². The molecular weight excluding hydrogens is 222 g/mol. The predicted molar refractivity (Wildman–Crippen MR) is 72.2 cm³/mol. The third kappa shape index (κ3) is 12.3. The first-order valence-corrected chi connectivity index (χ1v) is 7.00. The number of rotatable bonds is 9. The minimum absolute atomic E-state index is 0.117. The molecule has 3 nitrogen and oxygen atoms in total. The molecule has 1 atom stereocenters. The van der Waals surface area contributed by atoms with Crippen molar-refractivity contribution in [2.75, 3.05) is 32.1 Å². The molecule has 2 N–H and O–H groups in total. The Hall–Kier alpha value is 0.230. The van der Waals surface area contributed by atoms with E-state index in [4.69, 9.17) is 9.84 Å². The van der Waals surface area contributed by atoms with Gasteiger partial charge in [0.2, 0.25) is 0 Å². The number of thioether (sulfide) groups is 1. The van der Waals surface area contributed by atoms with Crippen molar-refractivity contribution in [1.29, 1.82) is 0 Å². The average molecular weight is 249 g/mol. The molecule has 0 radical (unpaired) electrons. The van der Waals surface area contributed by atoms with E-state index in [1.807, 2.05) is 11.8 Å². The molecule has 1 unspecified atom stereocenters. The van der Waals surface area contributed by atoms with Crippen molar-refractivity contribution in [3.63, 3.8) is 0 Å². The first-order valence-electron chi connectivity index (χ1n) is 6.01. The fourth-order valence-electron chi connectivity index (χ4n) is 1.12. The third-order valence-corrected chi connectivity index (χ3v) is 3.49. The highest BCUT2D eigenvalue weighted by molar-refractivity contribution is 8.00. The Morgan fingerprint density at radius 1 is 1.31 bits per heavy atom. The van der Waals surface area contributed by atoms with Crippen LogP contribution >= 0.6 is 11.8 Å². The lowest BCUT2D eigenvalue weighted by Gasteiger charge is -2.21. The van der Waals surface area contributed by atoms with E-state index in [-0.39, 0.29) is 6.61 Å². The van der Waals surface area contributed by atoms with E-state index in [1.165, 1.54) is 0 Å². The summed E-state index contributed by atoms with van der Waals surface area (Å²) in [6, 6.07) is 0.544. The van der Waals surface area contributed by atoms with Gasteiger partial charge < -0.3 is 15.2 Å². The predicted octanol–water partition coefficient (Wildman–Crippen LogP) is 1.90. The quantitative estimate of drug-likeness (QED) is 0.612. The van der Waals surface area contributed by atoms with Gasteiger partial charge in [-0.05, 0) is 19.9 Å². The molecule has 0 fully saturated rings. The van der Waals surface area contributed by atoms with E-state index in [0.29, 0.717) is 17.4 Å². The molecule has 0 spiro atoms. The molecule has 0 aromatic heterocycles. The van der Waals surface area contributed by atoms with Gasteiger partial charge in [0, 0.05) is 23.1 Å². The van der Waals surface area contributed by atoms with Gasteiger partial charge in [0.05, 0.1) is 13.2 Å². The summed E-state index contributed by atoms with van der Waals surface area (Å²) in [4.78, 5) is 0. The van der Waals surface area contributed by atoms with Crippen LogP contribution in [0.1, 0.15) is 34.1 Å². The highest BCUT2D eigenvalue weighted by atomic mass is 32.2. The number of nitrogens with one attached hydrogen (secondary N) is 1. The molecule has 98 valence electrons. The zero-order chi connectivity index (χ0) is 12.4. The van der Waals surface area contributed by atoms with Crippen molar-refractivity contribution < 1.29 is 9.84 Å². The molecule has 0 rings (SSSR count). The largest absolute Gasteiger partial charge is 0.394 e. The van der Waals surface area contributed by atoms with E-state index in [9.17, 15) is 0 Å². The van der Waals surface area contributed by atoms with Gasteiger partial charge in [0.15, 0.2) is 0 Å². The number of hydrogen-bond acceptors (Lipinski definition) is 4. The van der Waals surface area contributed by atoms with Crippen LogP contribution in [0.25, 0.3) is 0 Å². The Labute approximate surface area is 104 Å². The van der Waals surface area contributed by atoms with Crippen molar-refractivity contribution >= 4 is 11.8 Å². The van der Waals surface area contributed by atoms with Gasteiger partial charge in [-0.15, -0.1) is 0 Å². The summed E-state index contributed by atoms with van der Waals surface area (Å²) >= 11 is 1.99. The molecule has 0 aromatic rings. The van der Waals surface area contributed by atoms with Crippen molar-refractivity contribution in [3.05, 3.63) is 0 Å². The number of hydrogen-bond donors (Lipinski definition) is 2. The Morgan fingerprint density at radius 3 is 2.56 bits per heavy atom. The van der Waals surface area contributed by atoms with E-state index < -0.39 is 0 Å². The van der Waals surface area contributed by atoms with Gasteiger partial charge in [0.1, 0.15) is 0 Å². The van der Waals surface area contributed by atoms with Crippen molar-refractivity contribution in [2.45, 2.75) is 44.9 Å². The summed E-state index contributed by atoms with van der Waals surface area (Å²) in [5.41, 5.74) is 0. The summed E-state index contributed by atoms with van der Waals surface area (Å²) in [5.74, 6) is 1.14. The van der Waals surface area contributed by atoms with Gasteiger partial charge in [-0.2, -0.15) is 11.8 Å². The minimum atomic E-state index is 0.117. The molecule has 0 aliphatic rings. The lowest BCUT2D eigenvalue weighted by atomic mass is 10.3. The van der Waals surface area contributed by atoms with E-state index in [2.05, 4.69) is 33.0 Å². The normalized spacial score (nSPS) is 14.1. The first-order chi connectivity index (χ1) is 7.45. The SMILES string of the molecule is CC(CSC(C)(C)C)NCCCOCCO. The molecule has 0 saturated carbocycles. The van der Waals surface area contributed by atoms with Crippen LogP contribution in [0, 0.1) is 0 Å². The van der Waals surface area contributed by atoms with Crippen LogP contribution in [0.5, 0.6) is 0 Å². The highest BCUT2D eigenvalue weighted by Crippen LogP contribution is 2.23. The van der Waals surface area contributed by atoms with Gasteiger partial charge in [0.25, 0.3) is 0 Å². The van der Waals surface area contributed by atoms with Crippen LogP contribution < -0.4 is 5.32 Å². The van der Waals surface area contributed by atoms with Crippen molar-refractivity contribution in [3.8, 4) is 0 Å². The molecule has 0 heterocycles. The smallest absolute Gasteiger partial charge is 0.0697 e. The lowest BCUT2D eigenvalue weighted by Crippen LogP contribution is -2.31. The monoisotopic (exact) mass is 249 g/mol. The number of aliphatic hydroxyl groups is 1. The standard InChI is InChI=1S/C12H27NO2S/c1-11(10-16-12(2,3)4)13-6-5-8-15-9-7-14/h11,13-14H,5-10H2,1-4H3. The van der Waals surface area contributed by atoms with Gasteiger partial charge >= 0.3 is 0 Å².